The molecule has 4 rings (SSSR count). The summed E-state index contributed by atoms with van der Waals surface area (Å²) in [4.78, 5) is 14.9. The maximum Gasteiger partial charge on any atom is 0.258 e. The summed E-state index contributed by atoms with van der Waals surface area (Å²) in [7, 11) is 0. The summed E-state index contributed by atoms with van der Waals surface area (Å²) in [5.41, 5.74) is 3.75. The van der Waals surface area contributed by atoms with Crippen LogP contribution in [0.15, 0.2) is 54.7 Å². The Labute approximate surface area is 163 Å². The minimum atomic E-state index is -0.156. The summed E-state index contributed by atoms with van der Waals surface area (Å²) >= 11 is 0. The number of carbonyl (C=O) groups excluding carboxylic acids is 1. The highest BCUT2D eigenvalue weighted by Crippen LogP contribution is 2.28. The molecule has 0 aliphatic carbocycles. The van der Waals surface area contributed by atoms with Crippen molar-refractivity contribution < 1.29 is 9.53 Å². The molecule has 0 radical (unpaired) electrons. The standard InChI is InChI=1S/C22H20N4O2/c1-15(2)28-21-9-8-16(11-23)10-19(21)22(27)25-12-17-13-26(24-20(17)14-25)18-6-4-3-5-7-18/h3-10,13,15H,12,14H2,1-2H3. The second-order valence-electron chi connectivity index (χ2n) is 7.03. The van der Waals surface area contributed by atoms with Gasteiger partial charge in [-0.2, -0.15) is 10.4 Å². The molecule has 3 aromatic rings. The number of aromatic nitrogens is 2. The van der Waals surface area contributed by atoms with Crippen molar-refractivity contribution in [2.75, 3.05) is 0 Å². The lowest BCUT2D eigenvalue weighted by atomic mass is 10.1. The molecule has 1 aliphatic heterocycles. The minimum Gasteiger partial charge on any atom is -0.490 e. The number of benzene rings is 2. The van der Waals surface area contributed by atoms with E-state index in [0.717, 1.165) is 16.9 Å². The first kappa shape index (κ1) is 17.8. The molecule has 0 bridgehead atoms. The number of rotatable bonds is 4. The van der Waals surface area contributed by atoms with E-state index in [4.69, 9.17) is 4.74 Å². The van der Waals surface area contributed by atoms with E-state index in [0.29, 0.717) is 30.0 Å². The predicted molar refractivity (Wildman–Crippen MR) is 104 cm³/mol. The van der Waals surface area contributed by atoms with E-state index in [-0.39, 0.29) is 12.0 Å². The van der Waals surface area contributed by atoms with Crippen LogP contribution in [0, 0.1) is 11.3 Å². The first-order chi connectivity index (χ1) is 13.5. The molecule has 1 amide bonds. The summed E-state index contributed by atoms with van der Waals surface area (Å²) in [5, 5.41) is 13.8. The number of hydrogen-bond acceptors (Lipinski definition) is 4. The van der Waals surface area contributed by atoms with Gasteiger partial charge in [-0.15, -0.1) is 0 Å². The normalized spacial score (nSPS) is 12.7. The molecule has 0 saturated carbocycles. The molecular formula is C22H20N4O2. The van der Waals surface area contributed by atoms with E-state index in [1.807, 2.05) is 55.1 Å². The zero-order valence-corrected chi connectivity index (χ0v) is 15.8. The van der Waals surface area contributed by atoms with Crippen molar-refractivity contribution in [1.29, 1.82) is 5.26 Å². The minimum absolute atomic E-state index is 0.0658. The molecule has 2 aromatic carbocycles. The van der Waals surface area contributed by atoms with E-state index in [1.54, 1.807) is 23.1 Å². The van der Waals surface area contributed by atoms with Crippen molar-refractivity contribution in [3.8, 4) is 17.5 Å². The van der Waals surface area contributed by atoms with Crippen LogP contribution in [0.25, 0.3) is 5.69 Å². The molecule has 6 nitrogen and oxygen atoms in total. The van der Waals surface area contributed by atoms with Gasteiger partial charge in [0, 0.05) is 18.3 Å². The predicted octanol–water partition coefficient (Wildman–Crippen LogP) is 3.69. The lowest BCUT2D eigenvalue weighted by Crippen LogP contribution is -2.27. The summed E-state index contributed by atoms with van der Waals surface area (Å²) in [6, 6.07) is 16.9. The molecule has 1 aliphatic rings. The Morgan fingerprint density at radius 2 is 1.96 bits per heavy atom. The molecule has 140 valence electrons. The highest BCUT2D eigenvalue weighted by molar-refractivity contribution is 5.97. The zero-order valence-electron chi connectivity index (χ0n) is 15.8. The number of nitrogens with zero attached hydrogens (tertiary/aromatic N) is 4. The second-order valence-corrected chi connectivity index (χ2v) is 7.03. The largest absolute Gasteiger partial charge is 0.490 e. The van der Waals surface area contributed by atoms with Crippen LogP contribution in [0.3, 0.4) is 0 Å². The van der Waals surface area contributed by atoms with Crippen LogP contribution in [-0.4, -0.2) is 26.7 Å². The highest BCUT2D eigenvalue weighted by atomic mass is 16.5. The number of carbonyl (C=O) groups is 1. The molecule has 0 saturated heterocycles. The third kappa shape index (κ3) is 3.35. The molecule has 0 unspecified atom stereocenters. The molecule has 1 aromatic heterocycles. The quantitative estimate of drug-likeness (QED) is 0.700. The second kappa shape index (κ2) is 7.20. The number of ether oxygens (including phenoxy) is 1. The van der Waals surface area contributed by atoms with Crippen LogP contribution in [0.5, 0.6) is 5.75 Å². The Kier molecular flexibility index (Phi) is 4.58. The van der Waals surface area contributed by atoms with Gasteiger partial charge >= 0.3 is 0 Å². The summed E-state index contributed by atoms with van der Waals surface area (Å²) < 4.78 is 7.63. The van der Waals surface area contributed by atoms with Gasteiger partial charge in [0.25, 0.3) is 5.91 Å². The highest BCUT2D eigenvalue weighted by Gasteiger charge is 2.29. The summed E-state index contributed by atoms with van der Waals surface area (Å²) in [6.07, 6.45) is 1.90. The molecule has 0 spiro atoms. The molecule has 28 heavy (non-hydrogen) atoms. The van der Waals surface area contributed by atoms with Gasteiger partial charge in [-0.1, -0.05) is 18.2 Å². The van der Waals surface area contributed by atoms with E-state index in [9.17, 15) is 10.1 Å². The lowest BCUT2D eigenvalue weighted by molar-refractivity contribution is 0.0743. The van der Waals surface area contributed by atoms with Crippen molar-refractivity contribution in [3.63, 3.8) is 0 Å². The lowest BCUT2D eigenvalue weighted by Gasteiger charge is -2.19. The monoisotopic (exact) mass is 372 g/mol. The zero-order chi connectivity index (χ0) is 19.7. The Balaban J connectivity index is 1.58. The molecule has 0 fully saturated rings. The Morgan fingerprint density at radius 1 is 1.18 bits per heavy atom. The fourth-order valence-corrected chi connectivity index (χ4v) is 3.30. The molecule has 6 heteroatoms. The van der Waals surface area contributed by atoms with E-state index in [2.05, 4.69) is 11.2 Å². The van der Waals surface area contributed by atoms with Crippen LogP contribution < -0.4 is 4.74 Å². The van der Waals surface area contributed by atoms with Crippen molar-refractivity contribution in [2.24, 2.45) is 0 Å². The molecular weight excluding hydrogens is 352 g/mol. The average Bonchev–Trinajstić information content (AvgIpc) is 3.27. The number of fused-ring (bicyclic) bond motifs is 1. The van der Waals surface area contributed by atoms with Crippen molar-refractivity contribution >= 4 is 5.91 Å². The number of hydrogen-bond donors (Lipinski definition) is 0. The van der Waals surface area contributed by atoms with Gasteiger partial charge in [0.05, 0.1) is 41.2 Å². The van der Waals surface area contributed by atoms with Gasteiger partial charge in [0.15, 0.2) is 0 Å². The smallest absolute Gasteiger partial charge is 0.258 e. The molecule has 0 atom stereocenters. The van der Waals surface area contributed by atoms with E-state index < -0.39 is 0 Å². The first-order valence-electron chi connectivity index (χ1n) is 9.18. The molecule has 2 heterocycles. The van der Waals surface area contributed by atoms with Gasteiger partial charge in [0.2, 0.25) is 0 Å². The van der Waals surface area contributed by atoms with Crippen LogP contribution >= 0.6 is 0 Å². The first-order valence-corrected chi connectivity index (χ1v) is 9.18. The van der Waals surface area contributed by atoms with Gasteiger partial charge < -0.3 is 9.64 Å². The fraction of sp³-hybridized carbons (Fsp3) is 0.227. The number of nitriles is 1. The summed E-state index contributed by atoms with van der Waals surface area (Å²) in [6.45, 7) is 4.74. The van der Waals surface area contributed by atoms with E-state index in [1.165, 1.54) is 0 Å². The van der Waals surface area contributed by atoms with E-state index >= 15 is 0 Å². The third-order valence-corrected chi connectivity index (χ3v) is 4.59. The van der Waals surface area contributed by atoms with Crippen molar-refractivity contribution in [1.82, 2.24) is 14.7 Å². The van der Waals surface area contributed by atoms with Crippen molar-refractivity contribution in [2.45, 2.75) is 33.0 Å². The number of para-hydroxylation sites is 1. The van der Waals surface area contributed by atoms with Gasteiger partial charge in [-0.3, -0.25) is 4.79 Å². The SMILES string of the molecule is CC(C)Oc1ccc(C#N)cc1C(=O)N1Cc2cn(-c3ccccc3)nc2C1. The van der Waals surface area contributed by atoms with Crippen LogP contribution in [-0.2, 0) is 13.1 Å². The maximum atomic E-state index is 13.1. The van der Waals surface area contributed by atoms with Crippen LogP contribution in [0.2, 0.25) is 0 Å². The Bertz CT molecular complexity index is 1040. The Hall–Kier alpha value is -3.59. The topological polar surface area (TPSA) is 71.2 Å². The van der Waals surface area contributed by atoms with Crippen molar-refractivity contribution in [3.05, 3.63) is 77.1 Å². The maximum absolute atomic E-state index is 13.1. The fourth-order valence-electron chi connectivity index (χ4n) is 3.30. The van der Waals surface area contributed by atoms with Gasteiger partial charge in [-0.05, 0) is 44.2 Å². The molecule has 0 N–H and O–H groups in total. The van der Waals surface area contributed by atoms with Crippen LogP contribution in [0.1, 0.15) is 41.0 Å². The number of amides is 1. The van der Waals surface area contributed by atoms with Crippen LogP contribution in [0.4, 0.5) is 0 Å². The van der Waals surface area contributed by atoms with Gasteiger partial charge in [0.1, 0.15) is 5.75 Å². The Morgan fingerprint density at radius 3 is 2.64 bits per heavy atom. The summed E-state index contributed by atoms with van der Waals surface area (Å²) in [5.74, 6) is 0.343. The third-order valence-electron chi connectivity index (χ3n) is 4.59. The van der Waals surface area contributed by atoms with Gasteiger partial charge in [-0.25, -0.2) is 4.68 Å². The average molecular weight is 372 g/mol.